The Labute approximate surface area is 125 Å². The summed E-state index contributed by atoms with van der Waals surface area (Å²) in [6, 6.07) is 4.31. The Bertz CT molecular complexity index is 497. The van der Waals surface area contributed by atoms with E-state index in [4.69, 9.17) is 4.74 Å². The third-order valence-corrected chi connectivity index (χ3v) is 4.31. The fraction of sp³-hybridized carbons (Fsp3) is 0.562. The molecule has 1 aromatic rings. The first-order valence-corrected chi connectivity index (χ1v) is 7.36. The van der Waals surface area contributed by atoms with Gasteiger partial charge in [-0.2, -0.15) is 0 Å². The molecule has 2 rings (SSSR count). The third-order valence-electron chi connectivity index (χ3n) is 4.31. The molecule has 0 aromatic heterocycles. The Kier molecular flexibility index (Phi) is 5.07. The van der Waals surface area contributed by atoms with Gasteiger partial charge in [-0.15, -0.1) is 0 Å². The van der Waals surface area contributed by atoms with Gasteiger partial charge in [-0.05, 0) is 37.6 Å². The lowest BCUT2D eigenvalue weighted by atomic mass is 9.92. The number of likely N-dealkylation sites (N-methyl/N-ethyl adjacent to an activating group) is 1. The van der Waals surface area contributed by atoms with Crippen molar-refractivity contribution in [2.24, 2.45) is 0 Å². The highest BCUT2D eigenvalue weighted by molar-refractivity contribution is 5.76. The molecular weight excluding hydrogens is 270 g/mol. The molecule has 1 aliphatic rings. The van der Waals surface area contributed by atoms with Crippen molar-refractivity contribution in [2.75, 3.05) is 14.2 Å². The van der Waals surface area contributed by atoms with Gasteiger partial charge in [0.05, 0.1) is 7.11 Å². The van der Waals surface area contributed by atoms with Crippen molar-refractivity contribution >= 4 is 5.97 Å². The van der Waals surface area contributed by atoms with Crippen molar-refractivity contribution in [1.29, 1.82) is 0 Å². The van der Waals surface area contributed by atoms with Crippen LogP contribution in [0.5, 0.6) is 11.5 Å². The van der Waals surface area contributed by atoms with Crippen LogP contribution in [0.3, 0.4) is 0 Å². The second-order valence-electron chi connectivity index (χ2n) is 5.63. The molecule has 116 valence electrons. The predicted octanol–water partition coefficient (Wildman–Crippen LogP) is 2.79. The molecule has 1 fully saturated rings. The van der Waals surface area contributed by atoms with Gasteiger partial charge in [0, 0.05) is 6.04 Å². The molecule has 2 N–H and O–H groups in total. The maximum atomic E-state index is 11.7. The molecule has 5 heteroatoms. The van der Waals surface area contributed by atoms with Gasteiger partial charge in [0.25, 0.3) is 0 Å². The average molecular weight is 293 g/mol. The minimum absolute atomic E-state index is 0.0192. The summed E-state index contributed by atoms with van der Waals surface area (Å²) < 4.78 is 5.08. The molecule has 21 heavy (non-hydrogen) atoms. The van der Waals surface area contributed by atoms with Crippen LogP contribution in [0.1, 0.15) is 43.7 Å². The Morgan fingerprint density at radius 2 is 2.00 bits per heavy atom. The molecule has 0 spiro atoms. The van der Waals surface area contributed by atoms with Gasteiger partial charge in [-0.25, -0.2) is 0 Å². The van der Waals surface area contributed by atoms with Crippen molar-refractivity contribution in [3.05, 3.63) is 23.8 Å². The van der Waals surface area contributed by atoms with E-state index in [0.29, 0.717) is 17.4 Å². The maximum Gasteiger partial charge on any atom is 0.325 e. The smallest absolute Gasteiger partial charge is 0.325 e. The van der Waals surface area contributed by atoms with Crippen molar-refractivity contribution in [1.82, 2.24) is 4.90 Å². The van der Waals surface area contributed by atoms with Gasteiger partial charge in [0.1, 0.15) is 6.04 Å². The lowest BCUT2D eigenvalue weighted by Crippen LogP contribution is -2.40. The number of carboxylic acid groups (broad SMARTS) is 1. The van der Waals surface area contributed by atoms with Gasteiger partial charge in [-0.1, -0.05) is 25.3 Å². The lowest BCUT2D eigenvalue weighted by molar-refractivity contribution is -0.144. The zero-order chi connectivity index (χ0) is 15.4. The largest absolute Gasteiger partial charge is 0.504 e. The highest BCUT2D eigenvalue weighted by Gasteiger charge is 2.31. The van der Waals surface area contributed by atoms with Gasteiger partial charge in [-0.3, -0.25) is 9.69 Å². The highest BCUT2D eigenvalue weighted by Crippen LogP contribution is 2.33. The predicted molar refractivity (Wildman–Crippen MR) is 79.7 cm³/mol. The van der Waals surface area contributed by atoms with Crippen LogP contribution in [0.25, 0.3) is 0 Å². The van der Waals surface area contributed by atoms with Crippen LogP contribution in [0, 0.1) is 0 Å². The van der Waals surface area contributed by atoms with Crippen LogP contribution in [0.2, 0.25) is 0 Å². The minimum Gasteiger partial charge on any atom is -0.504 e. The Morgan fingerprint density at radius 1 is 1.33 bits per heavy atom. The first-order chi connectivity index (χ1) is 10.0. The van der Waals surface area contributed by atoms with Crippen LogP contribution >= 0.6 is 0 Å². The Balaban J connectivity index is 2.27. The second kappa shape index (κ2) is 6.80. The number of ether oxygens (including phenoxy) is 1. The first-order valence-electron chi connectivity index (χ1n) is 7.36. The summed E-state index contributed by atoms with van der Waals surface area (Å²) in [5, 5.41) is 19.3. The maximum absolute atomic E-state index is 11.7. The number of phenols is 1. The van der Waals surface area contributed by atoms with Gasteiger partial charge < -0.3 is 14.9 Å². The van der Waals surface area contributed by atoms with Crippen molar-refractivity contribution in [3.8, 4) is 11.5 Å². The number of aliphatic carboxylic acids is 1. The van der Waals surface area contributed by atoms with E-state index in [-0.39, 0.29) is 5.75 Å². The fourth-order valence-electron chi connectivity index (χ4n) is 3.12. The molecule has 1 atom stereocenters. The number of methoxy groups -OCH3 is 1. The highest BCUT2D eigenvalue weighted by atomic mass is 16.5. The first kappa shape index (κ1) is 15.6. The second-order valence-corrected chi connectivity index (χ2v) is 5.63. The fourth-order valence-corrected chi connectivity index (χ4v) is 3.12. The quantitative estimate of drug-likeness (QED) is 0.873. The Morgan fingerprint density at radius 3 is 2.57 bits per heavy atom. The molecule has 5 nitrogen and oxygen atoms in total. The number of aromatic hydroxyl groups is 1. The summed E-state index contributed by atoms with van der Waals surface area (Å²) in [5.41, 5.74) is 0.630. The molecule has 1 saturated carbocycles. The SMILES string of the molecule is COc1cc(C(C(=O)O)N(C)C2CCCCC2)ccc1O. The zero-order valence-electron chi connectivity index (χ0n) is 12.6. The summed E-state index contributed by atoms with van der Waals surface area (Å²) in [7, 11) is 3.33. The monoisotopic (exact) mass is 293 g/mol. The van der Waals surface area contributed by atoms with Gasteiger partial charge in [0.2, 0.25) is 0 Å². The van der Waals surface area contributed by atoms with Crippen LogP contribution in [0.4, 0.5) is 0 Å². The number of phenolic OH excluding ortho intramolecular Hbond substituents is 1. The van der Waals surface area contributed by atoms with Crippen LogP contribution < -0.4 is 4.74 Å². The molecule has 0 radical (unpaired) electrons. The van der Waals surface area contributed by atoms with Crippen molar-refractivity contribution in [2.45, 2.75) is 44.2 Å². The van der Waals surface area contributed by atoms with E-state index in [1.165, 1.54) is 19.6 Å². The molecular formula is C16H23NO4. The number of nitrogens with zero attached hydrogens (tertiary/aromatic N) is 1. The number of hydrogen-bond donors (Lipinski definition) is 2. The topological polar surface area (TPSA) is 70.0 Å². The Hall–Kier alpha value is -1.75. The van der Waals surface area contributed by atoms with Crippen molar-refractivity contribution < 1.29 is 19.7 Å². The zero-order valence-corrected chi connectivity index (χ0v) is 12.6. The summed E-state index contributed by atoms with van der Waals surface area (Å²) in [5.74, 6) is -0.558. The van der Waals surface area contributed by atoms with E-state index in [9.17, 15) is 15.0 Å². The minimum atomic E-state index is -0.879. The third kappa shape index (κ3) is 3.47. The van der Waals surface area contributed by atoms with Gasteiger partial charge >= 0.3 is 5.97 Å². The summed E-state index contributed by atoms with van der Waals surface area (Å²) in [6.45, 7) is 0. The summed E-state index contributed by atoms with van der Waals surface area (Å²) >= 11 is 0. The van der Waals surface area contributed by atoms with Gasteiger partial charge in [0.15, 0.2) is 11.5 Å². The van der Waals surface area contributed by atoms with E-state index in [2.05, 4.69) is 0 Å². The number of rotatable bonds is 5. The number of carbonyl (C=O) groups is 1. The molecule has 1 unspecified atom stereocenters. The van der Waals surface area contributed by atoms with E-state index in [0.717, 1.165) is 25.7 Å². The van der Waals surface area contributed by atoms with E-state index < -0.39 is 12.0 Å². The van der Waals surface area contributed by atoms with E-state index in [1.807, 2.05) is 11.9 Å². The van der Waals surface area contributed by atoms with Crippen LogP contribution in [-0.2, 0) is 4.79 Å². The number of hydrogen-bond acceptors (Lipinski definition) is 4. The molecule has 0 heterocycles. The van der Waals surface area contributed by atoms with Crippen molar-refractivity contribution in [3.63, 3.8) is 0 Å². The lowest BCUT2D eigenvalue weighted by Gasteiger charge is -2.35. The normalized spacial score (nSPS) is 17.7. The average Bonchev–Trinajstić information content (AvgIpc) is 2.49. The van der Waals surface area contributed by atoms with E-state index >= 15 is 0 Å². The molecule has 0 saturated heterocycles. The standard InChI is InChI=1S/C16H23NO4/c1-17(12-6-4-3-5-7-12)15(16(19)20)11-8-9-13(18)14(10-11)21-2/h8-10,12,15,18H,3-7H2,1-2H3,(H,19,20). The van der Waals surface area contributed by atoms with Crippen LogP contribution in [0.15, 0.2) is 18.2 Å². The molecule has 0 aliphatic heterocycles. The van der Waals surface area contributed by atoms with Crippen LogP contribution in [-0.4, -0.2) is 41.3 Å². The molecule has 1 aliphatic carbocycles. The molecule has 1 aromatic carbocycles. The number of benzene rings is 1. The molecule has 0 amide bonds. The summed E-state index contributed by atoms with van der Waals surface area (Å²) in [4.78, 5) is 13.7. The van der Waals surface area contributed by atoms with E-state index in [1.54, 1.807) is 12.1 Å². The summed E-state index contributed by atoms with van der Waals surface area (Å²) in [6.07, 6.45) is 5.61. The molecule has 0 bridgehead atoms. The number of carboxylic acids is 1.